The summed E-state index contributed by atoms with van der Waals surface area (Å²) in [6.07, 6.45) is 0. The summed E-state index contributed by atoms with van der Waals surface area (Å²) >= 11 is 0. The fourth-order valence-electron chi connectivity index (χ4n) is 4.71. The van der Waals surface area contributed by atoms with Crippen molar-refractivity contribution in [1.82, 2.24) is 14.5 Å². The fraction of sp³-hybridized carbons (Fsp3) is 0.138. The Morgan fingerprint density at radius 2 is 1.49 bits per heavy atom. The number of carbonyl (C=O) groups is 1. The second-order valence-electron chi connectivity index (χ2n) is 9.00. The van der Waals surface area contributed by atoms with Gasteiger partial charge in [-0.25, -0.2) is 4.79 Å². The highest BCUT2D eigenvalue weighted by Crippen LogP contribution is 2.25. The molecule has 0 amide bonds. The number of nitrogens with one attached hydrogen (secondary N) is 2. The maximum Gasteiger partial charge on any atom is 0.330 e. The van der Waals surface area contributed by atoms with Crippen LogP contribution in [0.4, 0.5) is 11.5 Å². The lowest BCUT2D eigenvalue weighted by Gasteiger charge is -2.26. The Morgan fingerprint density at radius 3 is 2.19 bits per heavy atom. The molecule has 0 bridgehead atoms. The van der Waals surface area contributed by atoms with Crippen LogP contribution in [0.2, 0.25) is 0 Å². The van der Waals surface area contributed by atoms with Crippen molar-refractivity contribution in [3.05, 3.63) is 128 Å². The topological polar surface area (TPSA) is 117 Å². The Hall–Kier alpha value is -4.85. The van der Waals surface area contributed by atoms with E-state index in [2.05, 4.69) is 9.97 Å². The zero-order valence-corrected chi connectivity index (χ0v) is 20.4. The Balaban J connectivity index is 1.59. The first-order valence-corrected chi connectivity index (χ1v) is 12.0. The highest BCUT2D eigenvalue weighted by molar-refractivity contribution is 6.11. The summed E-state index contributed by atoms with van der Waals surface area (Å²) in [6, 6.07) is 26.5. The van der Waals surface area contributed by atoms with Gasteiger partial charge in [0.25, 0.3) is 5.56 Å². The van der Waals surface area contributed by atoms with E-state index >= 15 is 0 Å². The second-order valence-corrected chi connectivity index (χ2v) is 9.00. The van der Waals surface area contributed by atoms with E-state index in [9.17, 15) is 14.4 Å². The molecule has 0 aliphatic carbocycles. The number of anilines is 2. The molecule has 0 radical (unpaired) electrons. The molecule has 8 heteroatoms. The van der Waals surface area contributed by atoms with Crippen molar-refractivity contribution >= 4 is 28.2 Å². The van der Waals surface area contributed by atoms with E-state index in [1.54, 1.807) is 4.90 Å². The first-order valence-electron chi connectivity index (χ1n) is 12.0. The third kappa shape index (κ3) is 4.81. The molecule has 0 fully saturated rings. The van der Waals surface area contributed by atoms with Crippen molar-refractivity contribution in [2.75, 3.05) is 17.2 Å². The van der Waals surface area contributed by atoms with Gasteiger partial charge in [0.15, 0.2) is 5.78 Å². The van der Waals surface area contributed by atoms with E-state index in [4.69, 9.17) is 5.73 Å². The van der Waals surface area contributed by atoms with Crippen molar-refractivity contribution in [2.45, 2.75) is 20.0 Å². The number of nitrogens with two attached hydrogens (primary N) is 1. The summed E-state index contributed by atoms with van der Waals surface area (Å²) in [5, 5.41) is 0.820. The summed E-state index contributed by atoms with van der Waals surface area (Å²) in [6.45, 7) is 2.19. The molecule has 2 heterocycles. The van der Waals surface area contributed by atoms with Gasteiger partial charge in [0, 0.05) is 28.7 Å². The Labute approximate surface area is 213 Å². The van der Waals surface area contributed by atoms with Gasteiger partial charge in [-0.1, -0.05) is 78.9 Å². The van der Waals surface area contributed by atoms with Gasteiger partial charge >= 0.3 is 5.69 Å². The van der Waals surface area contributed by atoms with Crippen molar-refractivity contribution in [3.8, 4) is 0 Å². The van der Waals surface area contributed by atoms with E-state index in [-0.39, 0.29) is 36.9 Å². The number of benzene rings is 3. The maximum atomic E-state index is 13.7. The molecule has 186 valence electrons. The van der Waals surface area contributed by atoms with Gasteiger partial charge in [0.05, 0.1) is 13.1 Å². The fourth-order valence-corrected chi connectivity index (χ4v) is 4.71. The standard InChI is InChI=1S/C29H27N5O3/c1-19-25(22-14-8-9-15-23(22)31-19)24(35)18-33(16-20-10-4-2-5-11-20)26-27(30)34(29(37)32-28(26)36)17-21-12-6-3-7-13-21/h2-15,31H,16-18,30H2,1H3,(H,32,36,37). The summed E-state index contributed by atoms with van der Waals surface area (Å²) in [5.74, 6) is -0.150. The normalized spacial score (nSPS) is 11.1. The monoisotopic (exact) mass is 493 g/mol. The molecule has 2 aromatic heterocycles. The highest BCUT2D eigenvalue weighted by atomic mass is 16.2. The van der Waals surface area contributed by atoms with E-state index < -0.39 is 11.2 Å². The molecule has 5 rings (SSSR count). The number of fused-ring (bicyclic) bond motifs is 1. The molecule has 0 unspecified atom stereocenters. The van der Waals surface area contributed by atoms with E-state index in [0.29, 0.717) is 5.56 Å². The number of hydrogen-bond donors (Lipinski definition) is 3. The van der Waals surface area contributed by atoms with Crippen LogP contribution < -0.4 is 21.9 Å². The minimum atomic E-state index is -0.633. The summed E-state index contributed by atoms with van der Waals surface area (Å²) in [5.41, 5.74) is 9.28. The summed E-state index contributed by atoms with van der Waals surface area (Å²) < 4.78 is 1.32. The van der Waals surface area contributed by atoms with Gasteiger partial charge in [0.2, 0.25) is 0 Å². The Morgan fingerprint density at radius 1 is 0.865 bits per heavy atom. The van der Waals surface area contributed by atoms with Crippen LogP contribution in [0.1, 0.15) is 27.2 Å². The van der Waals surface area contributed by atoms with Crippen molar-refractivity contribution < 1.29 is 4.79 Å². The van der Waals surface area contributed by atoms with E-state index in [0.717, 1.165) is 27.7 Å². The molecule has 0 aliphatic rings. The number of nitrogens with zero attached hydrogens (tertiary/aromatic N) is 2. The minimum absolute atomic E-state index is 0.0111. The molecule has 37 heavy (non-hydrogen) atoms. The van der Waals surface area contributed by atoms with Gasteiger partial charge < -0.3 is 15.6 Å². The minimum Gasteiger partial charge on any atom is -0.383 e. The number of para-hydroxylation sites is 1. The number of ketones is 1. The molecular weight excluding hydrogens is 466 g/mol. The van der Waals surface area contributed by atoms with Gasteiger partial charge in [-0.3, -0.25) is 19.1 Å². The van der Waals surface area contributed by atoms with E-state index in [1.165, 1.54) is 4.57 Å². The molecule has 8 nitrogen and oxygen atoms in total. The molecule has 0 spiro atoms. The zero-order chi connectivity index (χ0) is 25.9. The van der Waals surface area contributed by atoms with Crippen LogP contribution in [0, 0.1) is 6.92 Å². The third-order valence-corrected chi connectivity index (χ3v) is 6.44. The molecule has 0 saturated carbocycles. The maximum absolute atomic E-state index is 13.7. The van der Waals surface area contributed by atoms with Crippen molar-refractivity contribution in [1.29, 1.82) is 0 Å². The van der Waals surface area contributed by atoms with Gasteiger partial charge in [-0.15, -0.1) is 0 Å². The number of carbonyl (C=O) groups excluding carboxylic acids is 1. The zero-order valence-electron chi connectivity index (χ0n) is 20.4. The Kier molecular flexibility index (Phi) is 6.47. The predicted octanol–water partition coefficient (Wildman–Crippen LogP) is 3.85. The number of H-pyrrole nitrogens is 2. The lowest BCUT2D eigenvalue weighted by atomic mass is 10.1. The lowest BCUT2D eigenvalue weighted by molar-refractivity contribution is 0.0999. The van der Waals surface area contributed by atoms with Crippen molar-refractivity contribution in [2.24, 2.45) is 0 Å². The number of aryl methyl sites for hydroxylation is 1. The number of aromatic nitrogens is 3. The largest absolute Gasteiger partial charge is 0.383 e. The molecule has 0 aliphatic heterocycles. The third-order valence-electron chi connectivity index (χ3n) is 6.44. The predicted molar refractivity (Wildman–Crippen MR) is 146 cm³/mol. The average molecular weight is 494 g/mol. The van der Waals surface area contributed by atoms with Gasteiger partial charge in [0.1, 0.15) is 11.5 Å². The van der Waals surface area contributed by atoms with Crippen LogP contribution in [0.5, 0.6) is 0 Å². The quantitative estimate of drug-likeness (QED) is 0.284. The molecule has 0 saturated heterocycles. The number of hydrogen-bond acceptors (Lipinski definition) is 5. The lowest BCUT2D eigenvalue weighted by Crippen LogP contribution is -2.40. The second kappa shape index (κ2) is 10.0. The van der Waals surface area contributed by atoms with Crippen LogP contribution >= 0.6 is 0 Å². The summed E-state index contributed by atoms with van der Waals surface area (Å²) in [4.78, 5) is 46.9. The van der Waals surface area contributed by atoms with E-state index in [1.807, 2.05) is 91.9 Å². The molecule has 0 atom stereocenters. The number of rotatable bonds is 8. The number of aromatic amines is 2. The first kappa shape index (κ1) is 23.9. The van der Waals surface area contributed by atoms with Gasteiger partial charge in [-0.2, -0.15) is 0 Å². The SMILES string of the molecule is Cc1[nH]c2ccccc2c1C(=O)CN(Cc1ccccc1)c1c(N)n(Cc2ccccc2)c(=O)[nH]c1=O. The number of Topliss-reactive ketones (excluding diaryl/α,β-unsaturated/α-hetero) is 1. The average Bonchev–Trinajstić information content (AvgIpc) is 3.23. The number of nitrogen functional groups attached to an aromatic ring is 1. The molecule has 4 N–H and O–H groups in total. The van der Waals surface area contributed by atoms with Crippen LogP contribution in [0.15, 0.2) is 94.5 Å². The molecule has 3 aromatic carbocycles. The van der Waals surface area contributed by atoms with Crippen LogP contribution in [0.3, 0.4) is 0 Å². The van der Waals surface area contributed by atoms with Gasteiger partial charge in [-0.05, 0) is 24.1 Å². The Bertz CT molecular complexity index is 1680. The first-order chi connectivity index (χ1) is 17.9. The smallest absolute Gasteiger partial charge is 0.330 e. The molecular formula is C29H27N5O3. The van der Waals surface area contributed by atoms with Crippen LogP contribution in [-0.2, 0) is 13.1 Å². The van der Waals surface area contributed by atoms with Crippen LogP contribution in [0.25, 0.3) is 10.9 Å². The van der Waals surface area contributed by atoms with Crippen LogP contribution in [-0.4, -0.2) is 26.9 Å². The summed E-state index contributed by atoms with van der Waals surface area (Å²) in [7, 11) is 0. The molecule has 5 aromatic rings. The highest BCUT2D eigenvalue weighted by Gasteiger charge is 2.24. The van der Waals surface area contributed by atoms with Crippen molar-refractivity contribution in [3.63, 3.8) is 0 Å².